The molecule has 2 aromatic rings. The van der Waals surface area contributed by atoms with Gasteiger partial charge in [-0.15, -0.1) is 0 Å². The molecule has 0 spiro atoms. The van der Waals surface area contributed by atoms with Crippen LogP contribution in [0.1, 0.15) is 52.1 Å². The third-order valence-corrected chi connectivity index (χ3v) is 6.85. The van der Waals surface area contributed by atoms with Crippen molar-refractivity contribution in [3.05, 3.63) is 53.1 Å². The quantitative estimate of drug-likeness (QED) is 0.550. The number of nitrogens with zero attached hydrogens (tertiary/aromatic N) is 3. The number of nitrogens with two attached hydrogens (primary N) is 1. The van der Waals surface area contributed by atoms with E-state index in [9.17, 15) is 14.4 Å². The Morgan fingerprint density at radius 1 is 1.00 bits per heavy atom. The van der Waals surface area contributed by atoms with E-state index in [0.717, 1.165) is 38.4 Å². The van der Waals surface area contributed by atoms with E-state index in [1.807, 2.05) is 12.1 Å². The van der Waals surface area contributed by atoms with Gasteiger partial charge in [-0.1, -0.05) is 19.1 Å². The highest BCUT2D eigenvalue weighted by Gasteiger charge is 2.43. The Balaban J connectivity index is 1.71. The molecule has 2 aromatic carbocycles. The van der Waals surface area contributed by atoms with Crippen LogP contribution in [0.5, 0.6) is 11.5 Å². The number of piperazine rings is 1. The number of rotatable bonds is 9. The minimum Gasteiger partial charge on any atom is -0.493 e. The number of anilines is 1. The number of amides is 3. The second kappa shape index (κ2) is 10.4. The van der Waals surface area contributed by atoms with Gasteiger partial charge >= 0.3 is 0 Å². The Morgan fingerprint density at radius 2 is 1.71 bits per heavy atom. The molecular weight excluding hydrogens is 448 g/mol. The summed E-state index contributed by atoms with van der Waals surface area (Å²) in [7, 11) is 3.06. The number of ether oxygens (including phenoxy) is 2. The van der Waals surface area contributed by atoms with Gasteiger partial charge in [-0.3, -0.25) is 19.3 Å². The summed E-state index contributed by atoms with van der Waals surface area (Å²) >= 11 is 0. The maximum absolute atomic E-state index is 13.8. The number of hydrogen-bond acceptors (Lipinski definition) is 7. The lowest BCUT2D eigenvalue weighted by atomic mass is 9.99. The maximum Gasteiger partial charge on any atom is 0.264 e. The highest BCUT2D eigenvalue weighted by molar-refractivity contribution is 6.24. The summed E-state index contributed by atoms with van der Waals surface area (Å²) in [6.45, 7) is 6.49. The van der Waals surface area contributed by atoms with E-state index in [-0.39, 0.29) is 24.7 Å². The zero-order chi connectivity index (χ0) is 25.1. The first-order valence-electron chi connectivity index (χ1n) is 11.9. The van der Waals surface area contributed by atoms with Crippen molar-refractivity contribution in [3.8, 4) is 11.5 Å². The molecule has 9 heteroatoms. The number of likely N-dealkylation sites (N-methyl/N-ethyl adjacent to an activating group) is 1. The van der Waals surface area contributed by atoms with E-state index in [0.29, 0.717) is 28.2 Å². The zero-order valence-electron chi connectivity index (χ0n) is 20.5. The lowest BCUT2D eigenvalue weighted by Crippen LogP contribution is -2.46. The summed E-state index contributed by atoms with van der Waals surface area (Å²) in [6.07, 6.45) is 0.235. The van der Waals surface area contributed by atoms with E-state index in [2.05, 4.69) is 16.7 Å². The van der Waals surface area contributed by atoms with Crippen molar-refractivity contribution in [2.75, 3.05) is 51.8 Å². The van der Waals surface area contributed by atoms with Crippen LogP contribution in [0.4, 0.5) is 5.69 Å². The van der Waals surface area contributed by atoms with Crippen LogP contribution < -0.4 is 20.1 Å². The molecule has 0 radical (unpaired) electrons. The van der Waals surface area contributed by atoms with Crippen molar-refractivity contribution in [1.82, 2.24) is 9.80 Å². The number of carbonyl (C=O) groups is 3. The molecule has 186 valence electrons. The first kappa shape index (κ1) is 24.5. The fourth-order valence-corrected chi connectivity index (χ4v) is 4.92. The van der Waals surface area contributed by atoms with Gasteiger partial charge in [0, 0.05) is 32.6 Å². The summed E-state index contributed by atoms with van der Waals surface area (Å²) < 4.78 is 10.8. The average molecular weight is 481 g/mol. The minimum atomic E-state index is -0.681. The first-order chi connectivity index (χ1) is 16.9. The van der Waals surface area contributed by atoms with Gasteiger partial charge in [0.1, 0.15) is 0 Å². The normalized spacial score (nSPS) is 16.9. The molecule has 2 aliphatic rings. The summed E-state index contributed by atoms with van der Waals surface area (Å²) in [4.78, 5) is 44.8. The Morgan fingerprint density at radius 3 is 2.34 bits per heavy atom. The Bertz CT molecular complexity index is 1130. The zero-order valence-corrected chi connectivity index (χ0v) is 20.5. The predicted octanol–water partition coefficient (Wildman–Crippen LogP) is 2.45. The van der Waals surface area contributed by atoms with Crippen molar-refractivity contribution in [3.63, 3.8) is 0 Å². The molecule has 0 saturated carbocycles. The van der Waals surface area contributed by atoms with Gasteiger partial charge in [-0.25, -0.2) is 0 Å². The second-order valence-corrected chi connectivity index (χ2v) is 8.74. The Kier molecular flexibility index (Phi) is 7.25. The van der Waals surface area contributed by atoms with E-state index >= 15 is 0 Å². The van der Waals surface area contributed by atoms with E-state index in [4.69, 9.17) is 15.2 Å². The van der Waals surface area contributed by atoms with Gasteiger partial charge in [0.25, 0.3) is 11.8 Å². The third-order valence-electron chi connectivity index (χ3n) is 6.85. The average Bonchev–Trinajstić information content (AvgIpc) is 3.14. The molecule has 1 fully saturated rings. The topological polar surface area (TPSA) is 105 Å². The minimum absolute atomic E-state index is 0.0260. The molecule has 9 nitrogen and oxygen atoms in total. The van der Waals surface area contributed by atoms with Gasteiger partial charge in [0.15, 0.2) is 11.5 Å². The molecule has 0 aliphatic carbocycles. The van der Waals surface area contributed by atoms with Crippen molar-refractivity contribution >= 4 is 23.4 Å². The lowest BCUT2D eigenvalue weighted by molar-refractivity contribution is -0.118. The second-order valence-electron chi connectivity index (χ2n) is 8.74. The molecule has 2 aliphatic heterocycles. The van der Waals surface area contributed by atoms with Crippen molar-refractivity contribution in [2.45, 2.75) is 25.8 Å². The molecule has 0 bridgehead atoms. The number of imide groups is 1. The largest absolute Gasteiger partial charge is 0.493 e. The molecule has 35 heavy (non-hydrogen) atoms. The van der Waals surface area contributed by atoms with Gasteiger partial charge in [0.05, 0.1) is 37.1 Å². The van der Waals surface area contributed by atoms with Gasteiger partial charge < -0.3 is 25.0 Å². The molecule has 2 heterocycles. The van der Waals surface area contributed by atoms with Crippen LogP contribution in [0, 0.1) is 0 Å². The van der Waals surface area contributed by atoms with Gasteiger partial charge in [-0.05, 0) is 42.8 Å². The smallest absolute Gasteiger partial charge is 0.264 e. The highest BCUT2D eigenvalue weighted by atomic mass is 16.5. The summed E-state index contributed by atoms with van der Waals surface area (Å²) in [5.74, 6) is -0.228. The van der Waals surface area contributed by atoms with Gasteiger partial charge in [-0.2, -0.15) is 0 Å². The molecule has 1 unspecified atom stereocenters. The number of methoxy groups -OCH3 is 2. The molecule has 0 aromatic heterocycles. The van der Waals surface area contributed by atoms with Crippen molar-refractivity contribution < 1.29 is 23.9 Å². The van der Waals surface area contributed by atoms with Crippen LogP contribution in [-0.4, -0.2) is 74.5 Å². The Labute approximate surface area is 205 Å². The SMILES string of the molecule is CCN1CCN(c2cccc3c2C(=O)N(C(CCC(N)=O)c2ccc(OC)c(OC)c2)C3=O)CC1. The monoisotopic (exact) mass is 480 g/mol. The van der Waals surface area contributed by atoms with E-state index < -0.39 is 11.9 Å². The van der Waals surface area contributed by atoms with Crippen LogP contribution in [0.3, 0.4) is 0 Å². The number of carbonyl (C=O) groups excluding carboxylic acids is 3. The highest BCUT2D eigenvalue weighted by Crippen LogP contribution is 2.40. The number of fused-ring (bicyclic) bond motifs is 1. The number of hydrogen-bond donors (Lipinski definition) is 1. The summed E-state index contributed by atoms with van der Waals surface area (Å²) in [6, 6.07) is 9.98. The number of benzene rings is 2. The van der Waals surface area contributed by atoms with Crippen LogP contribution in [-0.2, 0) is 4.79 Å². The molecule has 1 saturated heterocycles. The summed E-state index contributed by atoms with van der Waals surface area (Å²) in [5.41, 5.74) is 7.68. The number of primary amides is 1. The van der Waals surface area contributed by atoms with Crippen LogP contribution >= 0.6 is 0 Å². The summed E-state index contributed by atoms with van der Waals surface area (Å²) in [5, 5.41) is 0. The predicted molar refractivity (Wildman–Crippen MR) is 132 cm³/mol. The van der Waals surface area contributed by atoms with Crippen LogP contribution in [0.2, 0.25) is 0 Å². The lowest BCUT2D eigenvalue weighted by Gasteiger charge is -2.36. The molecule has 1 atom stereocenters. The fourth-order valence-electron chi connectivity index (χ4n) is 4.92. The van der Waals surface area contributed by atoms with Crippen LogP contribution in [0.15, 0.2) is 36.4 Å². The van der Waals surface area contributed by atoms with E-state index in [1.165, 1.54) is 19.1 Å². The first-order valence-corrected chi connectivity index (χ1v) is 11.9. The third kappa shape index (κ3) is 4.68. The molecule has 4 rings (SSSR count). The molecule has 3 amide bonds. The molecule has 2 N–H and O–H groups in total. The van der Waals surface area contributed by atoms with Gasteiger partial charge in [0.2, 0.25) is 5.91 Å². The maximum atomic E-state index is 13.8. The van der Waals surface area contributed by atoms with Crippen molar-refractivity contribution in [1.29, 1.82) is 0 Å². The molecular formula is C26H32N4O5. The van der Waals surface area contributed by atoms with Crippen LogP contribution in [0.25, 0.3) is 0 Å². The fraction of sp³-hybridized carbons (Fsp3) is 0.423. The van der Waals surface area contributed by atoms with E-state index in [1.54, 1.807) is 24.3 Å². The Hall–Kier alpha value is -3.59. The standard InChI is InChI=1S/C26H32N4O5/c1-4-28-12-14-29(15-13-28)20-7-5-6-18-24(20)26(33)30(25(18)32)19(9-11-23(27)31)17-8-10-21(34-2)22(16-17)35-3/h5-8,10,16,19H,4,9,11-15H2,1-3H3,(H2,27,31). The van der Waals surface area contributed by atoms with Crippen molar-refractivity contribution in [2.24, 2.45) is 5.73 Å².